The molecular weight excluding hydrogens is 310 g/mol. The van der Waals surface area contributed by atoms with Gasteiger partial charge in [-0.3, -0.25) is 4.79 Å². The predicted octanol–water partition coefficient (Wildman–Crippen LogP) is 4.57. The maximum atomic E-state index is 13.0. The molecule has 1 atom stereocenters. The van der Waals surface area contributed by atoms with E-state index in [1.807, 2.05) is 6.07 Å². The molecule has 2 aromatic rings. The number of fused-ring (bicyclic) bond motifs is 1. The average Bonchev–Trinajstić information content (AvgIpc) is 3.03. The third-order valence-corrected chi connectivity index (χ3v) is 6.03. The number of rotatable bonds is 4. The Balaban J connectivity index is 1.58. The van der Waals surface area contributed by atoms with Gasteiger partial charge in [0.15, 0.2) is 0 Å². The van der Waals surface area contributed by atoms with Crippen LogP contribution in [0, 0.1) is 5.92 Å². The number of hydrogen-bond donors (Lipinski definition) is 0. The molecule has 2 aromatic carbocycles. The van der Waals surface area contributed by atoms with Gasteiger partial charge >= 0.3 is 0 Å². The minimum Gasteiger partial charge on any atom is -0.496 e. The maximum absolute atomic E-state index is 13.0. The van der Waals surface area contributed by atoms with E-state index in [1.54, 1.807) is 7.11 Å². The van der Waals surface area contributed by atoms with E-state index in [9.17, 15) is 4.79 Å². The van der Waals surface area contributed by atoms with Gasteiger partial charge < -0.3 is 9.64 Å². The minimum atomic E-state index is 0.0987. The van der Waals surface area contributed by atoms with Gasteiger partial charge in [-0.05, 0) is 42.5 Å². The number of hydrogen-bond acceptors (Lipinski definition) is 2. The van der Waals surface area contributed by atoms with E-state index < -0.39 is 0 Å². The Morgan fingerprint density at radius 2 is 1.84 bits per heavy atom. The summed E-state index contributed by atoms with van der Waals surface area (Å²) in [7, 11) is 1.72. The van der Waals surface area contributed by atoms with E-state index in [2.05, 4.69) is 35.2 Å². The molecular formula is C22H27NO2. The highest BCUT2D eigenvalue weighted by Gasteiger charge is 2.36. The van der Waals surface area contributed by atoms with Crippen molar-refractivity contribution in [1.82, 2.24) is 4.90 Å². The van der Waals surface area contributed by atoms with Crippen LogP contribution in [0.2, 0.25) is 0 Å². The lowest BCUT2D eigenvalue weighted by Gasteiger charge is -2.31. The van der Waals surface area contributed by atoms with Gasteiger partial charge in [-0.1, -0.05) is 49.6 Å². The van der Waals surface area contributed by atoms with Crippen molar-refractivity contribution in [3.05, 3.63) is 42.0 Å². The van der Waals surface area contributed by atoms with Gasteiger partial charge in [-0.25, -0.2) is 0 Å². The highest BCUT2D eigenvalue weighted by atomic mass is 16.5. The fourth-order valence-electron chi connectivity index (χ4n) is 4.67. The van der Waals surface area contributed by atoms with Crippen LogP contribution in [-0.2, 0) is 11.2 Å². The van der Waals surface area contributed by atoms with Crippen molar-refractivity contribution in [2.75, 3.05) is 13.7 Å². The molecule has 0 aromatic heterocycles. The highest BCUT2D eigenvalue weighted by molar-refractivity contribution is 5.89. The lowest BCUT2D eigenvalue weighted by molar-refractivity contribution is -0.133. The monoisotopic (exact) mass is 337 g/mol. The highest BCUT2D eigenvalue weighted by Crippen LogP contribution is 2.35. The first-order valence-electron chi connectivity index (χ1n) is 9.63. The Labute approximate surface area is 150 Å². The smallest absolute Gasteiger partial charge is 0.226 e. The van der Waals surface area contributed by atoms with Crippen molar-refractivity contribution in [2.45, 2.75) is 51.0 Å². The van der Waals surface area contributed by atoms with E-state index >= 15 is 0 Å². The van der Waals surface area contributed by atoms with Gasteiger partial charge in [0.2, 0.25) is 5.91 Å². The fraction of sp³-hybridized carbons (Fsp3) is 0.500. The molecule has 0 spiro atoms. The molecule has 132 valence electrons. The lowest BCUT2D eigenvalue weighted by atomic mass is 9.92. The van der Waals surface area contributed by atoms with E-state index in [0.29, 0.717) is 11.9 Å². The second-order valence-corrected chi connectivity index (χ2v) is 7.48. The van der Waals surface area contributed by atoms with Gasteiger partial charge in [-0.2, -0.15) is 0 Å². The number of likely N-dealkylation sites (tertiary alicyclic amines) is 1. The van der Waals surface area contributed by atoms with Crippen LogP contribution in [0.3, 0.4) is 0 Å². The number of carbonyl (C=O) groups is 1. The lowest BCUT2D eigenvalue weighted by Crippen LogP contribution is -2.39. The fourth-order valence-corrected chi connectivity index (χ4v) is 4.67. The number of carbonyl (C=O) groups excluding carboxylic acids is 1. The molecule has 1 saturated carbocycles. The standard InChI is InChI=1S/C22H27NO2/c1-25-21-12-11-16-7-5-6-10-19(16)20(21)15-17-13-14-23(22(17)24)18-8-3-2-4-9-18/h5-7,10-12,17-18H,2-4,8-9,13-15H2,1H3. The Kier molecular flexibility index (Phi) is 4.65. The zero-order chi connectivity index (χ0) is 17.2. The summed E-state index contributed by atoms with van der Waals surface area (Å²) in [5.41, 5.74) is 1.18. The van der Waals surface area contributed by atoms with Crippen LogP contribution in [0.15, 0.2) is 36.4 Å². The van der Waals surface area contributed by atoms with Gasteiger partial charge in [0, 0.05) is 24.1 Å². The molecule has 0 radical (unpaired) electrons. The van der Waals surface area contributed by atoms with E-state index in [0.717, 1.165) is 25.1 Å². The van der Waals surface area contributed by atoms with Crippen LogP contribution in [0.1, 0.15) is 44.1 Å². The third-order valence-electron chi connectivity index (χ3n) is 6.03. The Hall–Kier alpha value is -2.03. The average molecular weight is 337 g/mol. The van der Waals surface area contributed by atoms with E-state index in [-0.39, 0.29) is 5.92 Å². The summed E-state index contributed by atoms with van der Waals surface area (Å²) >= 11 is 0. The maximum Gasteiger partial charge on any atom is 0.226 e. The molecule has 3 nitrogen and oxygen atoms in total. The first-order chi connectivity index (χ1) is 12.3. The molecule has 1 saturated heterocycles. The molecule has 25 heavy (non-hydrogen) atoms. The molecule has 1 aliphatic carbocycles. The SMILES string of the molecule is COc1ccc2ccccc2c1CC1CCN(C2CCCCC2)C1=O. The zero-order valence-corrected chi connectivity index (χ0v) is 15.0. The Morgan fingerprint density at radius 1 is 1.04 bits per heavy atom. The number of benzene rings is 2. The molecule has 4 rings (SSSR count). The van der Waals surface area contributed by atoms with Crippen LogP contribution >= 0.6 is 0 Å². The van der Waals surface area contributed by atoms with E-state index in [1.165, 1.54) is 48.4 Å². The van der Waals surface area contributed by atoms with Crippen LogP contribution in [-0.4, -0.2) is 30.5 Å². The molecule has 0 bridgehead atoms. The Morgan fingerprint density at radius 3 is 2.64 bits per heavy atom. The summed E-state index contributed by atoms with van der Waals surface area (Å²) in [6.45, 7) is 0.932. The molecule has 1 amide bonds. The van der Waals surface area contributed by atoms with Crippen molar-refractivity contribution in [3.8, 4) is 5.75 Å². The van der Waals surface area contributed by atoms with Crippen LogP contribution in [0.5, 0.6) is 5.75 Å². The summed E-state index contributed by atoms with van der Waals surface area (Å²) in [6, 6.07) is 13.0. The van der Waals surface area contributed by atoms with E-state index in [4.69, 9.17) is 4.74 Å². The topological polar surface area (TPSA) is 29.5 Å². The van der Waals surface area contributed by atoms with Crippen LogP contribution < -0.4 is 4.74 Å². The van der Waals surface area contributed by atoms with Crippen molar-refractivity contribution >= 4 is 16.7 Å². The summed E-state index contributed by atoms with van der Waals surface area (Å²) < 4.78 is 5.62. The number of methoxy groups -OCH3 is 1. The molecule has 2 aliphatic rings. The Bertz CT molecular complexity index is 764. The predicted molar refractivity (Wildman–Crippen MR) is 101 cm³/mol. The normalized spacial score (nSPS) is 21.9. The van der Waals surface area contributed by atoms with Gasteiger partial charge in [0.1, 0.15) is 5.75 Å². The number of nitrogens with zero attached hydrogens (tertiary/aromatic N) is 1. The van der Waals surface area contributed by atoms with Crippen LogP contribution in [0.25, 0.3) is 10.8 Å². The van der Waals surface area contributed by atoms with Gasteiger partial charge in [0.25, 0.3) is 0 Å². The number of ether oxygens (including phenoxy) is 1. The number of amides is 1. The van der Waals surface area contributed by atoms with Crippen LogP contribution in [0.4, 0.5) is 0 Å². The third kappa shape index (κ3) is 3.12. The molecule has 2 fully saturated rings. The quantitative estimate of drug-likeness (QED) is 0.818. The minimum absolute atomic E-state index is 0.0987. The second kappa shape index (κ2) is 7.07. The summed E-state index contributed by atoms with van der Waals surface area (Å²) in [6.07, 6.45) is 8.02. The first-order valence-corrected chi connectivity index (χ1v) is 9.63. The molecule has 1 heterocycles. The second-order valence-electron chi connectivity index (χ2n) is 7.48. The van der Waals surface area contributed by atoms with Crippen molar-refractivity contribution in [3.63, 3.8) is 0 Å². The van der Waals surface area contributed by atoms with Crippen molar-refractivity contribution in [2.24, 2.45) is 5.92 Å². The summed E-state index contributed by atoms with van der Waals surface area (Å²) in [5, 5.41) is 2.43. The molecule has 0 N–H and O–H groups in total. The van der Waals surface area contributed by atoms with Gasteiger partial charge in [0.05, 0.1) is 7.11 Å². The zero-order valence-electron chi connectivity index (χ0n) is 15.0. The van der Waals surface area contributed by atoms with Crippen molar-refractivity contribution < 1.29 is 9.53 Å². The first kappa shape index (κ1) is 16.4. The molecule has 1 aliphatic heterocycles. The van der Waals surface area contributed by atoms with Crippen molar-refractivity contribution in [1.29, 1.82) is 0 Å². The molecule has 3 heteroatoms. The van der Waals surface area contributed by atoms with Gasteiger partial charge in [-0.15, -0.1) is 0 Å². The summed E-state index contributed by atoms with van der Waals surface area (Å²) in [5.74, 6) is 1.37. The molecule has 1 unspecified atom stereocenters. The largest absolute Gasteiger partial charge is 0.496 e. The summed E-state index contributed by atoms with van der Waals surface area (Å²) in [4.78, 5) is 15.2.